The van der Waals surface area contributed by atoms with Crippen LogP contribution in [0.15, 0.2) is 24.3 Å². The van der Waals surface area contributed by atoms with Crippen LogP contribution in [0, 0.1) is 0 Å². The zero-order chi connectivity index (χ0) is 15.9. The molecular formula is C15H17NO5S. The lowest BCUT2D eigenvalue weighted by Gasteiger charge is -2.32. The molecule has 2 aliphatic rings. The van der Waals surface area contributed by atoms with E-state index in [-0.39, 0.29) is 18.3 Å². The molecule has 0 aromatic heterocycles. The fourth-order valence-corrected chi connectivity index (χ4v) is 4.43. The second kappa shape index (κ2) is 5.39. The first kappa shape index (κ1) is 15.0. The molecule has 1 amide bonds. The van der Waals surface area contributed by atoms with E-state index in [9.17, 15) is 23.1 Å². The van der Waals surface area contributed by atoms with Gasteiger partial charge in [0.1, 0.15) is 5.75 Å². The molecule has 0 spiro atoms. The lowest BCUT2D eigenvalue weighted by molar-refractivity contribution is -0.140. The first-order valence-corrected chi connectivity index (χ1v) is 8.90. The largest absolute Gasteiger partial charge is 0.481 e. The number of nitrogens with zero attached hydrogens (tertiary/aromatic N) is 1. The molecule has 1 unspecified atom stereocenters. The number of benzene rings is 1. The Kier molecular flexibility index (Phi) is 3.68. The van der Waals surface area contributed by atoms with E-state index < -0.39 is 33.4 Å². The van der Waals surface area contributed by atoms with Crippen molar-refractivity contribution < 1.29 is 23.1 Å². The van der Waals surface area contributed by atoms with E-state index in [1.54, 1.807) is 24.3 Å². The Morgan fingerprint density at radius 3 is 2.55 bits per heavy atom. The van der Waals surface area contributed by atoms with Crippen LogP contribution in [-0.4, -0.2) is 47.8 Å². The summed E-state index contributed by atoms with van der Waals surface area (Å²) in [6.07, 6.45) is 1.24. The quantitative estimate of drug-likeness (QED) is 0.884. The van der Waals surface area contributed by atoms with Crippen LogP contribution in [-0.2, 0) is 26.0 Å². The predicted octanol–water partition coefficient (Wildman–Crippen LogP) is 0.774. The van der Waals surface area contributed by atoms with Crippen molar-refractivity contribution >= 4 is 21.7 Å². The highest BCUT2D eigenvalue weighted by Gasteiger charge is 2.39. The van der Waals surface area contributed by atoms with Gasteiger partial charge in [0, 0.05) is 13.1 Å². The molecule has 1 N–H and O–H groups in total. The number of hydrogen-bond acceptors (Lipinski definition) is 4. The molecule has 118 valence electrons. The number of amides is 1. The van der Waals surface area contributed by atoms with Crippen molar-refractivity contribution in [2.75, 3.05) is 12.3 Å². The Bertz CT molecular complexity index is 723. The van der Waals surface area contributed by atoms with Crippen LogP contribution in [0.4, 0.5) is 0 Å². The Labute approximate surface area is 128 Å². The lowest BCUT2D eigenvalue weighted by Crippen LogP contribution is -2.43. The molecule has 0 radical (unpaired) electrons. The third-order valence-electron chi connectivity index (χ3n) is 4.20. The van der Waals surface area contributed by atoms with E-state index in [4.69, 9.17) is 0 Å². The molecule has 1 heterocycles. The van der Waals surface area contributed by atoms with Crippen LogP contribution in [0.1, 0.15) is 29.9 Å². The molecule has 22 heavy (non-hydrogen) atoms. The van der Waals surface area contributed by atoms with Crippen molar-refractivity contribution in [3.63, 3.8) is 0 Å². The van der Waals surface area contributed by atoms with Gasteiger partial charge in [0.25, 0.3) is 0 Å². The molecule has 6 nitrogen and oxygen atoms in total. The standard InChI is InChI=1S/C15H17NO5S/c17-14(9-22(20,21)11-5-6-11)16-7-10-3-1-2-4-12(10)13(8-16)15(18)19/h1-4,11,13H,5-9H2,(H,18,19). The number of sulfone groups is 1. The number of aliphatic carboxylic acids is 1. The fourth-order valence-electron chi connectivity index (χ4n) is 2.82. The maximum absolute atomic E-state index is 12.3. The summed E-state index contributed by atoms with van der Waals surface area (Å²) >= 11 is 0. The first-order valence-electron chi connectivity index (χ1n) is 7.18. The van der Waals surface area contributed by atoms with Gasteiger partial charge < -0.3 is 10.0 Å². The zero-order valence-corrected chi connectivity index (χ0v) is 12.8. The second-order valence-corrected chi connectivity index (χ2v) is 8.15. The van der Waals surface area contributed by atoms with Gasteiger partial charge in [-0.3, -0.25) is 9.59 Å². The van der Waals surface area contributed by atoms with E-state index >= 15 is 0 Å². The van der Waals surface area contributed by atoms with Gasteiger partial charge in [-0.2, -0.15) is 0 Å². The van der Waals surface area contributed by atoms with E-state index in [0.717, 1.165) is 5.56 Å². The minimum absolute atomic E-state index is 0.0192. The normalized spacial score (nSPS) is 21.3. The lowest BCUT2D eigenvalue weighted by atomic mass is 9.90. The highest BCUT2D eigenvalue weighted by atomic mass is 32.2. The smallest absolute Gasteiger partial charge is 0.312 e. The highest BCUT2D eigenvalue weighted by Crippen LogP contribution is 2.31. The average molecular weight is 323 g/mol. The van der Waals surface area contributed by atoms with Gasteiger partial charge >= 0.3 is 5.97 Å². The Balaban J connectivity index is 1.81. The van der Waals surface area contributed by atoms with Gasteiger partial charge in [-0.1, -0.05) is 24.3 Å². The molecule has 0 bridgehead atoms. The minimum Gasteiger partial charge on any atom is -0.481 e. The number of rotatable bonds is 4. The fraction of sp³-hybridized carbons (Fsp3) is 0.467. The predicted molar refractivity (Wildman–Crippen MR) is 79.0 cm³/mol. The third-order valence-corrected chi connectivity index (χ3v) is 6.34. The molecule has 1 aromatic carbocycles. The van der Waals surface area contributed by atoms with Crippen molar-refractivity contribution in [3.05, 3.63) is 35.4 Å². The summed E-state index contributed by atoms with van der Waals surface area (Å²) in [5.74, 6) is -2.84. The van der Waals surface area contributed by atoms with Crippen molar-refractivity contribution in [1.82, 2.24) is 4.90 Å². The van der Waals surface area contributed by atoms with Crippen LogP contribution >= 0.6 is 0 Å². The van der Waals surface area contributed by atoms with Crippen LogP contribution in [0.2, 0.25) is 0 Å². The zero-order valence-electron chi connectivity index (χ0n) is 11.9. The van der Waals surface area contributed by atoms with E-state index in [0.29, 0.717) is 18.4 Å². The highest BCUT2D eigenvalue weighted by molar-refractivity contribution is 7.93. The molecule has 1 saturated carbocycles. The summed E-state index contributed by atoms with van der Waals surface area (Å²) in [6, 6.07) is 7.08. The molecular weight excluding hydrogens is 306 g/mol. The SMILES string of the molecule is O=C(O)C1CN(C(=O)CS(=O)(=O)C2CC2)Cc2ccccc21. The number of carboxylic acids is 1. The van der Waals surface area contributed by atoms with Crippen molar-refractivity contribution in [2.45, 2.75) is 30.6 Å². The van der Waals surface area contributed by atoms with Crippen LogP contribution in [0.5, 0.6) is 0 Å². The Hall–Kier alpha value is -1.89. The Morgan fingerprint density at radius 2 is 1.91 bits per heavy atom. The van der Waals surface area contributed by atoms with Gasteiger partial charge in [-0.05, 0) is 24.0 Å². The second-order valence-electron chi connectivity index (χ2n) is 5.87. The molecule has 1 aliphatic heterocycles. The van der Waals surface area contributed by atoms with E-state index in [2.05, 4.69) is 0 Å². The summed E-state index contributed by atoms with van der Waals surface area (Å²) in [6.45, 7) is 0.282. The molecule has 3 rings (SSSR count). The molecule has 0 saturated heterocycles. The van der Waals surface area contributed by atoms with E-state index in [1.165, 1.54) is 4.90 Å². The van der Waals surface area contributed by atoms with Crippen LogP contribution < -0.4 is 0 Å². The first-order chi connectivity index (χ1) is 10.4. The van der Waals surface area contributed by atoms with Crippen molar-refractivity contribution in [2.24, 2.45) is 0 Å². The van der Waals surface area contributed by atoms with Crippen LogP contribution in [0.3, 0.4) is 0 Å². The summed E-state index contributed by atoms with van der Waals surface area (Å²) in [7, 11) is -3.39. The molecule has 7 heteroatoms. The molecule has 1 atom stereocenters. The summed E-state index contributed by atoms with van der Waals surface area (Å²) in [5, 5.41) is 8.97. The molecule has 1 aliphatic carbocycles. The van der Waals surface area contributed by atoms with Crippen molar-refractivity contribution in [3.8, 4) is 0 Å². The number of carbonyl (C=O) groups is 2. The van der Waals surface area contributed by atoms with Crippen molar-refractivity contribution in [1.29, 1.82) is 0 Å². The summed E-state index contributed by atoms with van der Waals surface area (Å²) in [4.78, 5) is 25.1. The topological polar surface area (TPSA) is 91.8 Å². The third kappa shape index (κ3) is 2.85. The monoisotopic (exact) mass is 323 g/mol. The van der Waals surface area contributed by atoms with Gasteiger partial charge in [0.2, 0.25) is 5.91 Å². The van der Waals surface area contributed by atoms with Gasteiger partial charge in [0.15, 0.2) is 9.84 Å². The van der Waals surface area contributed by atoms with Crippen LogP contribution in [0.25, 0.3) is 0 Å². The van der Waals surface area contributed by atoms with Gasteiger partial charge in [-0.15, -0.1) is 0 Å². The number of carboxylic acid groups (broad SMARTS) is 1. The van der Waals surface area contributed by atoms with Gasteiger partial charge in [-0.25, -0.2) is 8.42 Å². The molecule has 1 aromatic rings. The van der Waals surface area contributed by atoms with Gasteiger partial charge in [0.05, 0.1) is 11.2 Å². The van der Waals surface area contributed by atoms with E-state index in [1.807, 2.05) is 0 Å². The maximum atomic E-state index is 12.3. The number of fused-ring (bicyclic) bond motifs is 1. The average Bonchev–Trinajstić information content (AvgIpc) is 3.30. The Morgan fingerprint density at radius 1 is 1.23 bits per heavy atom. The summed E-state index contributed by atoms with van der Waals surface area (Å²) in [5.41, 5.74) is 1.46. The summed E-state index contributed by atoms with van der Waals surface area (Å²) < 4.78 is 23.9. The number of hydrogen-bond donors (Lipinski definition) is 1. The number of carbonyl (C=O) groups excluding carboxylic acids is 1. The maximum Gasteiger partial charge on any atom is 0.312 e. The minimum atomic E-state index is -3.39. The molecule has 1 fully saturated rings.